The van der Waals surface area contributed by atoms with Gasteiger partial charge in [-0.25, -0.2) is 0 Å². The van der Waals surface area contributed by atoms with Crippen LogP contribution in [0.15, 0.2) is 24.3 Å². The summed E-state index contributed by atoms with van der Waals surface area (Å²) in [6.45, 7) is 1.91. The molecule has 0 spiro atoms. The molecule has 3 nitrogen and oxygen atoms in total. The monoisotopic (exact) mass is 349 g/mol. The molecule has 0 saturated carbocycles. The number of phenols is 1. The van der Waals surface area contributed by atoms with Crippen molar-refractivity contribution in [2.45, 2.75) is 12.5 Å². The maximum atomic E-state index is 11.9. The Morgan fingerprint density at radius 3 is 2.44 bits per heavy atom. The second-order valence-electron chi connectivity index (χ2n) is 3.80. The minimum atomic E-state index is -0.376. The number of aromatic hydroxyl groups is 1. The van der Waals surface area contributed by atoms with Crippen LogP contribution < -0.4 is 5.32 Å². The van der Waals surface area contributed by atoms with Crippen molar-refractivity contribution in [3.8, 4) is 5.75 Å². The third-order valence-electron chi connectivity index (χ3n) is 2.15. The van der Waals surface area contributed by atoms with Crippen LogP contribution in [-0.2, 0) is 0 Å². The molecular formula is C11H13Br2NO2. The van der Waals surface area contributed by atoms with E-state index in [9.17, 15) is 9.90 Å². The lowest BCUT2D eigenvalue weighted by molar-refractivity contribution is 0.0920. The third kappa shape index (κ3) is 3.22. The first kappa shape index (κ1) is 13.5. The molecule has 0 bridgehead atoms. The molecule has 0 unspecified atom stereocenters. The van der Waals surface area contributed by atoms with Gasteiger partial charge in [-0.3, -0.25) is 4.79 Å². The maximum Gasteiger partial charge on any atom is 0.255 e. The van der Waals surface area contributed by atoms with Gasteiger partial charge in [-0.2, -0.15) is 0 Å². The highest BCUT2D eigenvalue weighted by Gasteiger charge is 2.25. The van der Waals surface area contributed by atoms with Crippen LogP contribution in [0.3, 0.4) is 0 Å². The van der Waals surface area contributed by atoms with E-state index in [0.29, 0.717) is 10.7 Å². The molecule has 1 rings (SSSR count). The van der Waals surface area contributed by atoms with E-state index in [2.05, 4.69) is 37.2 Å². The number of hydrogen-bond acceptors (Lipinski definition) is 2. The van der Waals surface area contributed by atoms with Crippen molar-refractivity contribution in [3.05, 3.63) is 29.8 Å². The fourth-order valence-corrected chi connectivity index (χ4v) is 2.32. The van der Waals surface area contributed by atoms with Crippen molar-refractivity contribution >= 4 is 37.8 Å². The van der Waals surface area contributed by atoms with Crippen LogP contribution in [0.2, 0.25) is 0 Å². The van der Waals surface area contributed by atoms with Gasteiger partial charge in [0.05, 0.1) is 11.1 Å². The first-order valence-corrected chi connectivity index (χ1v) is 6.99. The van der Waals surface area contributed by atoms with E-state index in [1.54, 1.807) is 18.2 Å². The summed E-state index contributed by atoms with van der Waals surface area (Å²) in [6.07, 6.45) is 0. The SMILES string of the molecule is CC(CBr)(CBr)NC(=O)c1ccccc1O. The summed E-state index contributed by atoms with van der Waals surface area (Å²) in [5.74, 6) is -0.286. The predicted octanol–water partition coefficient (Wildman–Crippen LogP) is 2.67. The zero-order valence-electron chi connectivity index (χ0n) is 8.84. The number of nitrogens with one attached hydrogen (secondary N) is 1. The van der Waals surface area contributed by atoms with E-state index in [-0.39, 0.29) is 22.8 Å². The van der Waals surface area contributed by atoms with Gasteiger partial charge >= 0.3 is 0 Å². The van der Waals surface area contributed by atoms with Gasteiger partial charge in [0.1, 0.15) is 5.75 Å². The first-order valence-electron chi connectivity index (χ1n) is 4.75. The normalized spacial score (nSPS) is 11.2. The summed E-state index contributed by atoms with van der Waals surface area (Å²) in [4.78, 5) is 11.9. The Bertz CT molecular complexity index is 378. The van der Waals surface area contributed by atoms with Gasteiger partial charge < -0.3 is 10.4 Å². The van der Waals surface area contributed by atoms with Crippen LogP contribution in [-0.4, -0.2) is 27.2 Å². The number of hydrogen-bond donors (Lipinski definition) is 2. The minimum absolute atomic E-state index is 0.00788. The molecule has 0 aromatic heterocycles. The van der Waals surface area contributed by atoms with E-state index in [1.165, 1.54) is 6.07 Å². The van der Waals surface area contributed by atoms with E-state index in [1.807, 2.05) is 6.92 Å². The van der Waals surface area contributed by atoms with Crippen LogP contribution in [0, 0.1) is 0 Å². The lowest BCUT2D eigenvalue weighted by Gasteiger charge is -2.26. The molecule has 1 aromatic rings. The maximum absolute atomic E-state index is 11.9. The number of alkyl halides is 2. The molecule has 88 valence electrons. The first-order chi connectivity index (χ1) is 7.52. The largest absolute Gasteiger partial charge is 0.507 e. The molecular weight excluding hydrogens is 338 g/mol. The van der Waals surface area contributed by atoms with Crippen molar-refractivity contribution in [3.63, 3.8) is 0 Å². The van der Waals surface area contributed by atoms with Gasteiger partial charge in [-0.15, -0.1) is 0 Å². The van der Waals surface area contributed by atoms with Gasteiger partial charge in [0.25, 0.3) is 5.91 Å². The number of phenolic OH excluding ortho intramolecular Hbond substituents is 1. The number of carbonyl (C=O) groups is 1. The Hall–Kier alpha value is -0.550. The molecule has 0 atom stereocenters. The Balaban J connectivity index is 2.84. The fraction of sp³-hybridized carbons (Fsp3) is 0.364. The third-order valence-corrected chi connectivity index (χ3v) is 4.63. The van der Waals surface area contributed by atoms with Gasteiger partial charge in [0.2, 0.25) is 0 Å². The predicted molar refractivity (Wildman–Crippen MR) is 71.6 cm³/mol. The van der Waals surface area contributed by atoms with Crippen LogP contribution in [0.4, 0.5) is 0 Å². The standard InChI is InChI=1S/C11H13Br2NO2/c1-11(6-12,7-13)14-10(16)8-4-2-3-5-9(8)15/h2-5,15H,6-7H2,1H3,(H,14,16). The summed E-state index contributed by atoms with van der Waals surface area (Å²) in [6, 6.07) is 6.48. The molecule has 0 heterocycles. The number of carbonyl (C=O) groups excluding carboxylic acids is 1. The van der Waals surface area contributed by atoms with Crippen LogP contribution >= 0.6 is 31.9 Å². The summed E-state index contributed by atoms with van der Waals surface area (Å²) in [5.41, 5.74) is -0.0880. The van der Waals surface area contributed by atoms with Crippen molar-refractivity contribution in [2.75, 3.05) is 10.7 Å². The van der Waals surface area contributed by atoms with Crippen LogP contribution in [0.25, 0.3) is 0 Å². The Morgan fingerprint density at radius 2 is 1.94 bits per heavy atom. The van der Waals surface area contributed by atoms with Gasteiger partial charge in [0, 0.05) is 10.7 Å². The zero-order valence-corrected chi connectivity index (χ0v) is 12.0. The fourth-order valence-electron chi connectivity index (χ4n) is 1.11. The Kier molecular flexibility index (Phi) is 4.80. The number of rotatable bonds is 4. The van der Waals surface area contributed by atoms with Gasteiger partial charge in [0.15, 0.2) is 0 Å². The number of amides is 1. The van der Waals surface area contributed by atoms with E-state index < -0.39 is 0 Å². The summed E-state index contributed by atoms with van der Waals surface area (Å²) in [5, 5.41) is 13.7. The quantitative estimate of drug-likeness (QED) is 0.820. The molecule has 0 aliphatic carbocycles. The van der Waals surface area contributed by atoms with Crippen molar-refractivity contribution in [1.82, 2.24) is 5.32 Å². The molecule has 1 amide bonds. The lowest BCUT2D eigenvalue weighted by Crippen LogP contribution is -2.48. The summed E-state index contributed by atoms with van der Waals surface area (Å²) >= 11 is 6.69. The molecule has 0 aliphatic rings. The summed E-state index contributed by atoms with van der Waals surface area (Å²) < 4.78 is 0. The van der Waals surface area contributed by atoms with E-state index in [0.717, 1.165) is 0 Å². The van der Waals surface area contributed by atoms with E-state index in [4.69, 9.17) is 0 Å². The molecule has 2 N–H and O–H groups in total. The molecule has 16 heavy (non-hydrogen) atoms. The van der Waals surface area contributed by atoms with Crippen LogP contribution in [0.5, 0.6) is 5.75 Å². The molecule has 0 aliphatic heterocycles. The second-order valence-corrected chi connectivity index (χ2v) is 4.92. The van der Waals surface area contributed by atoms with E-state index >= 15 is 0 Å². The van der Waals surface area contributed by atoms with Crippen LogP contribution in [0.1, 0.15) is 17.3 Å². The van der Waals surface area contributed by atoms with Gasteiger partial charge in [-0.05, 0) is 19.1 Å². The Morgan fingerprint density at radius 1 is 1.38 bits per heavy atom. The lowest BCUT2D eigenvalue weighted by atomic mass is 10.1. The molecule has 0 fully saturated rings. The molecule has 1 aromatic carbocycles. The minimum Gasteiger partial charge on any atom is -0.507 e. The highest BCUT2D eigenvalue weighted by atomic mass is 79.9. The topological polar surface area (TPSA) is 49.3 Å². The van der Waals surface area contributed by atoms with Crippen molar-refractivity contribution < 1.29 is 9.90 Å². The molecule has 0 saturated heterocycles. The smallest absolute Gasteiger partial charge is 0.255 e. The number of para-hydroxylation sites is 1. The number of halogens is 2. The average molecular weight is 351 g/mol. The molecule has 5 heteroatoms. The zero-order chi connectivity index (χ0) is 12.2. The summed E-state index contributed by atoms with van der Waals surface area (Å²) in [7, 11) is 0. The highest BCUT2D eigenvalue weighted by Crippen LogP contribution is 2.18. The van der Waals surface area contributed by atoms with Crippen molar-refractivity contribution in [1.29, 1.82) is 0 Å². The average Bonchev–Trinajstić information content (AvgIpc) is 2.29. The number of benzene rings is 1. The highest BCUT2D eigenvalue weighted by molar-refractivity contribution is 9.09. The second kappa shape index (κ2) is 5.68. The molecule has 0 radical (unpaired) electrons. The van der Waals surface area contributed by atoms with Crippen molar-refractivity contribution in [2.24, 2.45) is 0 Å². The van der Waals surface area contributed by atoms with Gasteiger partial charge in [-0.1, -0.05) is 44.0 Å². The Labute approximate surface area is 111 Å².